The number of ether oxygens (including phenoxy) is 2. The third-order valence-corrected chi connectivity index (χ3v) is 6.26. The lowest BCUT2D eigenvalue weighted by atomic mass is 9.78. The van der Waals surface area contributed by atoms with Gasteiger partial charge >= 0.3 is 5.69 Å². The Morgan fingerprint density at radius 2 is 1.81 bits per heavy atom. The number of carbonyl (C=O) groups is 1. The average molecular weight is 432 g/mol. The highest BCUT2D eigenvalue weighted by molar-refractivity contribution is 5.81. The summed E-state index contributed by atoms with van der Waals surface area (Å²) in [5.74, 6) is 1.77. The SMILES string of the molecule is CCOc1cc2[nH]c(=O)n(CCC(=O)N[C@@H]3CCC[C@@H](C)[C@@H]3C)c(=O)c2cc1OCC. The summed E-state index contributed by atoms with van der Waals surface area (Å²) in [6, 6.07) is 3.34. The van der Waals surface area contributed by atoms with Crippen LogP contribution in [-0.2, 0) is 11.3 Å². The van der Waals surface area contributed by atoms with Crippen LogP contribution in [0.1, 0.15) is 53.4 Å². The Bertz CT molecular complexity index is 1040. The van der Waals surface area contributed by atoms with Gasteiger partial charge in [0.2, 0.25) is 5.91 Å². The number of fused-ring (bicyclic) bond motifs is 1. The summed E-state index contributed by atoms with van der Waals surface area (Å²) in [7, 11) is 0. The van der Waals surface area contributed by atoms with Gasteiger partial charge in [-0.1, -0.05) is 26.7 Å². The fourth-order valence-electron chi connectivity index (χ4n) is 4.28. The van der Waals surface area contributed by atoms with Gasteiger partial charge in [0.25, 0.3) is 5.56 Å². The predicted octanol–water partition coefficient (Wildman–Crippen LogP) is 2.82. The molecule has 0 radical (unpaired) electrons. The van der Waals surface area contributed by atoms with Crippen LogP contribution in [0, 0.1) is 11.8 Å². The molecule has 2 N–H and O–H groups in total. The van der Waals surface area contributed by atoms with Crippen molar-refractivity contribution in [2.24, 2.45) is 11.8 Å². The van der Waals surface area contributed by atoms with Gasteiger partial charge in [0.15, 0.2) is 11.5 Å². The summed E-state index contributed by atoms with van der Waals surface area (Å²) in [6.45, 7) is 8.94. The summed E-state index contributed by atoms with van der Waals surface area (Å²) in [5.41, 5.74) is -0.612. The molecule has 0 saturated heterocycles. The van der Waals surface area contributed by atoms with E-state index in [4.69, 9.17) is 9.47 Å². The molecule has 1 aliphatic rings. The van der Waals surface area contributed by atoms with Crippen LogP contribution in [0.4, 0.5) is 0 Å². The molecule has 0 unspecified atom stereocenters. The zero-order chi connectivity index (χ0) is 22.5. The van der Waals surface area contributed by atoms with E-state index in [0.29, 0.717) is 47.5 Å². The number of benzene rings is 1. The number of aromatic nitrogens is 2. The lowest BCUT2D eigenvalue weighted by molar-refractivity contribution is -0.122. The average Bonchev–Trinajstić information content (AvgIpc) is 2.72. The first kappa shape index (κ1) is 22.9. The van der Waals surface area contributed by atoms with E-state index in [1.54, 1.807) is 12.1 Å². The van der Waals surface area contributed by atoms with Gasteiger partial charge in [-0.25, -0.2) is 4.79 Å². The Morgan fingerprint density at radius 3 is 2.48 bits per heavy atom. The Balaban J connectivity index is 1.80. The Morgan fingerprint density at radius 1 is 1.13 bits per heavy atom. The summed E-state index contributed by atoms with van der Waals surface area (Å²) in [5, 5.41) is 3.41. The van der Waals surface area contributed by atoms with Crippen molar-refractivity contribution in [2.45, 2.75) is 66.0 Å². The summed E-state index contributed by atoms with van der Waals surface area (Å²) < 4.78 is 12.2. The molecule has 1 amide bonds. The quantitative estimate of drug-likeness (QED) is 0.669. The fraction of sp³-hybridized carbons (Fsp3) is 0.609. The molecular formula is C23H33N3O5. The molecule has 1 aromatic heterocycles. The number of nitrogens with one attached hydrogen (secondary N) is 2. The van der Waals surface area contributed by atoms with Gasteiger partial charge in [-0.15, -0.1) is 0 Å². The predicted molar refractivity (Wildman–Crippen MR) is 120 cm³/mol. The summed E-state index contributed by atoms with van der Waals surface area (Å²) in [4.78, 5) is 40.8. The minimum atomic E-state index is -0.545. The molecule has 3 atom stereocenters. The van der Waals surface area contributed by atoms with Gasteiger partial charge in [-0.05, 0) is 38.2 Å². The van der Waals surface area contributed by atoms with Gasteiger partial charge in [-0.2, -0.15) is 0 Å². The maximum atomic E-state index is 13.0. The molecule has 0 spiro atoms. The summed E-state index contributed by atoms with van der Waals surface area (Å²) >= 11 is 0. The van der Waals surface area contributed by atoms with Crippen molar-refractivity contribution in [2.75, 3.05) is 13.2 Å². The number of nitrogens with zero attached hydrogens (tertiary/aromatic N) is 1. The van der Waals surface area contributed by atoms with Crippen molar-refractivity contribution < 1.29 is 14.3 Å². The van der Waals surface area contributed by atoms with Crippen LogP contribution in [0.2, 0.25) is 0 Å². The van der Waals surface area contributed by atoms with Crippen molar-refractivity contribution in [1.29, 1.82) is 0 Å². The molecule has 31 heavy (non-hydrogen) atoms. The molecule has 2 aromatic rings. The lowest BCUT2D eigenvalue weighted by Gasteiger charge is -2.34. The van der Waals surface area contributed by atoms with Crippen LogP contribution in [-0.4, -0.2) is 34.7 Å². The molecule has 1 aliphatic carbocycles. The Labute approximate surface area is 181 Å². The number of amides is 1. The monoisotopic (exact) mass is 431 g/mol. The number of carbonyl (C=O) groups excluding carboxylic acids is 1. The van der Waals surface area contributed by atoms with E-state index in [-0.39, 0.29) is 24.9 Å². The highest BCUT2D eigenvalue weighted by Gasteiger charge is 2.28. The normalized spacial score (nSPS) is 21.1. The van der Waals surface area contributed by atoms with E-state index in [9.17, 15) is 14.4 Å². The van der Waals surface area contributed by atoms with E-state index in [2.05, 4.69) is 24.1 Å². The number of hydrogen-bond acceptors (Lipinski definition) is 5. The van der Waals surface area contributed by atoms with Crippen LogP contribution in [0.25, 0.3) is 10.9 Å². The molecule has 1 fully saturated rings. The molecule has 1 heterocycles. The van der Waals surface area contributed by atoms with E-state index in [1.807, 2.05) is 13.8 Å². The molecule has 0 bridgehead atoms. The third kappa shape index (κ3) is 5.11. The highest BCUT2D eigenvalue weighted by atomic mass is 16.5. The highest BCUT2D eigenvalue weighted by Crippen LogP contribution is 2.31. The van der Waals surface area contributed by atoms with Crippen LogP contribution >= 0.6 is 0 Å². The molecule has 8 nitrogen and oxygen atoms in total. The molecule has 1 aromatic carbocycles. The first-order chi connectivity index (χ1) is 14.8. The summed E-state index contributed by atoms with van der Waals surface area (Å²) in [6.07, 6.45) is 3.33. The van der Waals surface area contributed by atoms with Gasteiger partial charge in [0, 0.05) is 25.1 Å². The Hall–Kier alpha value is -2.77. The molecule has 1 saturated carbocycles. The minimum Gasteiger partial charge on any atom is -0.490 e. The lowest BCUT2D eigenvalue weighted by Crippen LogP contribution is -2.44. The second kappa shape index (κ2) is 10.0. The van der Waals surface area contributed by atoms with E-state index >= 15 is 0 Å². The minimum absolute atomic E-state index is 0.0176. The first-order valence-corrected chi connectivity index (χ1v) is 11.2. The molecule has 3 rings (SSSR count). The molecular weight excluding hydrogens is 398 g/mol. The fourth-order valence-corrected chi connectivity index (χ4v) is 4.28. The van der Waals surface area contributed by atoms with E-state index < -0.39 is 11.2 Å². The Kier molecular flexibility index (Phi) is 7.41. The van der Waals surface area contributed by atoms with Crippen LogP contribution in [0.3, 0.4) is 0 Å². The van der Waals surface area contributed by atoms with Crippen molar-refractivity contribution in [3.8, 4) is 11.5 Å². The zero-order valence-electron chi connectivity index (χ0n) is 18.8. The zero-order valence-corrected chi connectivity index (χ0v) is 18.8. The second-order valence-corrected chi connectivity index (χ2v) is 8.29. The van der Waals surface area contributed by atoms with Crippen LogP contribution in [0.5, 0.6) is 11.5 Å². The standard InChI is InChI=1S/C23H33N3O5/c1-5-30-19-12-16-18(13-20(19)31-6-2)25-23(29)26(22(16)28)11-10-21(27)24-17-9-7-8-14(3)15(17)4/h12-15,17H,5-11H2,1-4H3,(H,24,27)(H,25,29)/t14-,15+,17-/m1/s1. The van der Waals surface area contributed by atoms with Crippen LogP contribution < -0.4 is 26.0 Å². The van der Waals surface area contributed by atoms with Crippen molar-refractivity contribution in [1.82, 2.24) is 14.9 Å². The molecule has 170 valence electrons. The number of rotatable bonds is 8. The molecule has 8 heteroatoms. The smallest absolute Gasteiger partial charge is 0.328 e. The largest absolute Gasteiger partial charge is 0.490 e. The third-order valence-electron chi connectivity index (χ3n) is 6.26. The number of hydrogen-bond donors (Lipinski definition) is 2. The second-order valence-electron chi connectivity index (χ2n) is 8.29. The maximum Gasteiger partial charge on any atom is 0.328 e. The van der Waals surface area contributed by atoms with Crippen LogP contribution in [0.15, 0.2) is 21.7 Å². The number of aromatic amines is 1. The molecule has 0 aliphatic heterocycles. The maximum absolute atomic E-state index is 13.0. The van der Waals surface area contributed by atoms with Gasteiger partial charge < -0.3 is 19.8 Å². The van der Waals surface area contributed by atoms with E-state index in [1.165, 1.54) is 6.42 Å². The van der Waals surface area contributed by atoms with E-state index in [0.717, 1.165) is 17.4 Å². The van der Waals surface area contributed by atoms with Gasteiger partial charge in [-0.3, -0.25) is 14.2 Å². The topological polar surface area (TPSA) is 102 Å². The van der Waals surface area contributed by atoms with Gasteiger partial charge in [0.1, 0.15) is 0 Å². The van der Waals surface area contributed by atoms with Crippen molar-refractivity contribution in [3.63, 3.8) is 0 Å². The number of H-pyrrole nitrogens is 1. The van der Waals surface area contributed by atoms with Gasteiger partial charge in [0.05, 0.1) is 24.1 Å². The van der Waals surface area contributed by atoms with Crippen molar-refractivity contribution >= 4 is 16.8 Å². The van der Waals surface area contributed by atoms with Crippen molar-refractivity contribution in [3.05, 3.63) is 33.0 Å². The first-order valence-electron chi connectivity index (χ1n) is 11.2.